The van der Waals surface area contributed by atoms with Gasteiger partial charge >= 0.3 is 5.69 Å². The van der Waals surface area contributed by atoms with Gasteiger partial charge in [-0.25, -0.2) is 14.3 Å². The lowest BCUT2D eigenvalue weighted by molar-refractivity contribution is -0.126. The summed E-state index contributed by atoms with van der Waals surface area (Å²) < 4.78 is 4.50. The first-order valence-corrected chi connectivity index (χ1v) is 13.5. The molecule has 0 aromatic carbocycles. The predicted molar refractivity (Wildman–Crippen MR) is 136 cm³/mol. The van der Waals surface area contributed by atoms with Gasteiger partial charge in [0.15, 0.2) is 11.2 Å². The minimum Gasteiger partial charge on any atom is -0.352 e. The van der Waals surface area contributed by atoms with Crippen LogP contribution in [0.25, 0.3) is 11.2 Å². The molecule has 1 atom stereocenters. The summed E-state index contributed by atoms with van der Waals surface area (Å²) in [6.07, 6.45) is 9.30. The van der Waals surface area contributed by atoms with E-state index in [9.17, 15) is 14.4 Å². The number of hydrogen-bond acceptors (Lipinski definition) is 4. The highest BCUT2D eigenvalue weighted by molar-refractivity contribution is 5.77. The number of aromatic nitrogens is 4. The molecule has 2 heterocycles. The number of hydrogen-bond donors (Lipinski definition) is 1. The molecule has 0 aliphatic heterocycles. The average molecular weight is 484 g/mol. The molecule has 35 heavy (non-hydrogen) atoms. The van der Waals surface area contributed by atoms with Crippen molar-refractivity contribution in [3.8, 4) is 0 Å². The highest BCUT2D eigenvalue weighted by Gasteiger charge is 2.53. The maximum Gasteiger partial charge on any atom is 0.333 e. The number of nitrogens with one attached hydrogen (secondary N) is 1. The molecule has 4 fully saturated rings. The fourth-order valence-corrected chi connectivity index (χ4v) is 7.73. The third kappa shape index (κ3) is 4.38. The van der Waals surface area contributed by atoms with E-state index < -0.39 is 11.2 Å². The fourth-order valence-electron chi connectivity index (χ4n) is 7.73. The Morgan fingerprint density at radius 1 is 0.971 bits per heavy atom. The standard InChI is InChI=1S/C27H41N5O3/c1-16(2)12-30-15-28-24-23(30)25(34)32(26(35)31(24)13-17(3)4)14-22(33)29-18(5)27-9-19-6-20(10-27)8-21(7-19)11-27/h15-21H,6-14H2,1-5H3,(H,29,33)/t18-,19?,20?,21?,27?/m1/s1. The quantitative estimate of drug-likeness (QED) is 0.623. The predicted octanol–water partition coefficient (Wildman–Crippen LogP) is 3.39. The molecule has 0 unspecified atom stereocenters. The van der Waals surface area contributed by atoms with Gasteiger partial charge < -0.3 is 9.88 Å². The number of fused-ring (bicyclic) bond motifs is 1. The summed E-state index contributed by atoms with van der Waals surface area (Å²) >= 11 is 0. The number of imidazole rings is 1. The summed E-state index contributed by atoms with van der Waals surface area (Å²) in [6.45, 7) is 11.2. The van der Waals surface area contributed by atoms with Crippen molar-refractivity contribution < 1.29 is 4.79 Å². The molecule has 8 nitrogen and oxygen atoms in total. The van der Waals surface area contributed by atoms with Crippen molar-refractivity contribution >= 4 is 17.1 Å². The van der Waals surface area contributed by atoms with E-state index in [0.717, 1.165) is 22.3 Å². The first-order valence-electron chi connectivity index (χ1n) is 13.5. The van der Waals surface area contributed by atoms with E-state index in [1.807, 2.05) is 18.4 Å². The smallest absolute Gasteiger partial charge is 0.333 e. The molecule has 0 saturated heterocycles. The van der Waals surface area contributed by atoms with Crippen molar-refractivity contribution in [1.82, 2.24) is 24.0 Å². The summed E-state index contributed by atoms with van der Waals surface area (Å²) in [7, 11) is 0. The zero-order valence-corrected chi connectivity index (χ0v) is 21.9. The Labute approximate surface area is 207 Å². The Morgan fingerprint density at radius 3 is 2.09 bits per heavy atom. The molecule has 4 aliphatic rings. The van der Waals surface area contributed by atoms with Crippen molar-refractivity contribution in [2.45, 2.75) is 98.8 Å². The van der Waals surface area contributed by atoms with E-state index in [4.69, 9.17) is 0 Å². The molecule has 6 rings (SSSR count). The van der Waals surface area contributed by atoms with Crippen LogP contribution in [-0.4, -0.2) is 30.6 Å². The second-order valence-electron chi connectivity index (χ2n) is 12.7. The van der Waals surface area contributed by atoms with Gasteiger partial charge in [-0.3, -0.25) is 14.2 Å². The van der Waals surface area contributed by atoms with Crippen LogP contribution in [0.5, 0.6) is 0 Å². The number of carbonyl (C=O) groups is 1. The Bertz CT molecular complexity index is 1200. The number of rotatable bonds is 8. The maximum absolute atomic E-state index is 13.5. The molecular weight excluding hydrogens is 442 g/mol. The van der Waals surface area contributed by atoms with Gasteiger partial charge in [0, 0.05) is 19.1 Å². The van der Waals surface area contributed by atoms with Gasteiger partial charge in [-0.05, 0) is 80.5 Å². The Kier molecular flexibility index (Phi) is 6.20. The van der Waals surface area contributed by atoms with Crippen LogP contribution in [0, 0.1) is 35.0 Å². The fraction of sp³-hybridized carbons (Fsp3) is 0.778. The second kappa shape index (κ2) is 8.93. The molecule has 1 amide bonds. The monoisotopic (exact) mass is 483 g/mol. The van der Waals surface area contributed by atoms with Gasteiger partial charge in [0.2, 0.25) is 5.91 Å². The summed E-state index contributed by atoms with van der Waals surface area (Å²) in [5.74, 6) is 2.66. The number of nitrogens with zero attached hydrogens (tertiary/aromatic N) is 4. The van der Waals surface area contributed by atoms with Crippen LogP contribution in [0.4, 0.5) is 0 Å². The molecule has 192 valence electrons. The van der Waals surface area contributed by atoms with Gasteiger partial charge in [-0.1, -0.05) is 27.7 Å². The van der Waals surface area contributed by atoms with Crippen LogP contribution in [0.15, 0.2) is 15.9 Å². The van der Waals surface area contributed by atoms with Crippen molar-refractivity contribution in [2.75, 3.05) is 0 Å². The Hall–Kier alpha value is -2.38. The topological polar surface area (TPSA) is 90.9 Å². The van der Waals surface area contributed by atoms with Crippen molar-refractivity contribution in [2.24, 2.45) is 35.0 Å². The zero-order valence-electron chi connectivity index (χ0n) is 21.9. The van der Waals surface area contributed by atoms with Crippen LogP contribution < -0.4 is 16.6 Å². The van der Waals surface area contributed by atoms with Crippen LogP contribution in [-0.2, 0) is 24.4 Å². The van der Waals surface area contributed by atoms with Gasteiger partial charge in [0.1, 0.15) is 6.54 Å². The Morgan fingerprint density at radius 2 is 1.54 bits per heavy atom. The van der Waals surface area contributed by atoms with E-state index in [2.05, 4.69) is 31.1 Å². The average Bonchev–Trinajstić information content (AvgIpc) is 3.16. The third-order valence-corrected chi connectivity index (χ3v) is 8.78. The summed E-state index contributed by atoms with van der Waals surface area (Å²) in [4.78, 5) is 44.6. The minimum absolute atomic E-state index is 0.0483. The summed E-state index contributed by atoms with van der Waals surface area (Å²) in [5, 5.41) is 3.22. The first kappa shape index (κ1) is 24.3. The minimum atomic E-state index is -0.455. The zero-order chi connectivity index (χ0) is 25.1. The van der Waals surface area contributed by atoms with Crippen LogP contribution in [0.1, 0.15) is 73.1 Å². The lowest BCUT2D eigenvalue weighted by Crippen LogP contribution is -2.56. The molecule has 2 aromatic rings. The van der Waals surface area contributed by atoms with Crippen LogP contribution in [0.3, 0.4) is 0 Å². The van der Waals surface area contributed by atoms with Crippen molar-refractivity contribution in [3.63, 3.8) is 0 Å². The number of carbonyl (C=O) groups excluding carboxylic acids is 1. The SMILES string of the molecule is CC(C)Cn1cnc2c1c(=O)n(CC(=O)N[C@H](C)C13CC4CC(CC(C4)C1)C3)c(=O)n2CC(C)C. The van der Waals surface area contributed by atoms with E-state index in [0.29, 0.717) is 30.2 Å². The molecule has 4 aliphatic carbocycles. The van der Waals surface area contributed by atoms with Gasteiger partial charge in [-0.2, -0.15) is 0 Å². The van der Waals surface area contributed by atoms with E-state index in [-0.39, 0.29) is 29.8 Å². The number of amides is 1. The molecule has 2 aromatic heterocycles. The summed E-state index contributed by atoms with van der Waals surface area (Å²) in [5.41, 5.74) is 0.103. The van der Waals surface area contributed by atoms with Crippen LogP contribution >= 0.6 is 0 Å². The van der Waals surface area contributed by atoms with Gasteiger partial charge in [0.05, 0.1) is 6.33 Å². The van der Waals surface area contributed by atoms with Crippen LogP contribution in [0.2, 0.25) is 0 Å². The lowest BCUT2D eigenvalue weighted by Gasteiger charge is -2.59. The largest absolute Gasteiger partial charge is 0.352 e. The lowest BCUT2D eigenvalue weighted by atomic mass is 9.48. The molecular formula is C27H41N5O3. The van der Waals surface area contributed by atoms with E-state index in [1.54, 1.807) is 10.9 Å². The normalized spacial score (nSPS) is 28.4. The Balaban J connectivity index is 1.43. The van der Waals surface area contributed by atoms with Gasteiger partial charge in [-0.15, -0.1) is 0 Å². The maximum atomic E-state index is 13.5. The molecule has 0 radical (unpaired) electrons. The van der Waals surface area contributed by atoms with E-state index in [1.165, 1.54) is 38.5 Å². The summed E-state index contributed by atoms with van der Waals surface area (Å²) in [6, 6.07) is 0.0483. The van der Waals surface area contributed by atoms with Crippen molar-refractivity contribution in [1.29, 1.82) is 0 Å². The molecule has 1 N–H and O–H groups in total. The van der Waals surface area contributed by atoms with E-state index >= 15 is 0 Å². The third-order valence-electron chi connectivity index (χ3n) is 8.78. The molecule has 4 bridgehead atoms. The molecule has 4 saturated carbocycles. The highest BCUT2D eigenvalue weighted by atomic mass is 16.2. The van der Waals surface area contributed by atoms with Crippen molar-refractivity contribution in [3.05, 3.63) is 27.2 Å². The molecule has 8 heteroatoms. The van der Waals surface area contributed by atoms with Gasteiger partial charge in [0.25, 0.3) is 5.56 Å². The highest BCUT2D eigenvalue weighted by Crippen LogP contribution is 2.61. The first-order chi connectivity index (χ1) is 16.6. The second-order valence-corrected chi connectivity index (χ2v) is 12.7. The molecule has 0 spiro atoms.